The van der Waals surface area contributed by atoms with E-state index in [1.54, 1.807) is 6.07 Å². The quantitative estimate of drug-likeness (QED) is 0.805. The Morgan fingerprint density at radius 1 is 1.12 bits per heavy atom. The largest absolute Gasteiger partial charge is 0.475 e. The van der Waals surface area contributed by atoms with E-state index >= 15 is 0 Å². The molecule has 0 saturated heterocycles. The Labute approximate surface area is 145 Å². The smallest absolute Gasteiger partial charge is 0.257 e. The summed E-state index contributed by atoms with van der Waals surface area (Å²) in [6.45, 7) is 6.61. The van der Waals surface area contributed by atoms with Gasteiger partial charge in [0.1, 0.15) is 6.61 Å². The molecule has 0 aliphatic rings. The van der Waals surface area contributed by atoms with E-state index in [-0.39, 0.29) is 16.9 Å². The summed E-state index contributed by atoms with van der Waals surface area (Å²) in [5, 5.41) is 2.47. The van der Waals surface area contributed by atoms with Crippen molar-refractivity contribution in [1.29, 1.82) is 0 Å². The van der Waals surface area contributed by atoms with Crippen LogP contribution in [0.15, 0.2) is 36.5 Å². The Morgan fingerprint density at radius 3 is 2.48 bits per heavy atom. The van der Waals surface area contributed by atoms with Gasteiger partial charge in [-0.15, -0.1) is 0 Å². The molecule has 0 fully saturated rings. The van der Waals surface area contributed by atoms with Gasteiger partial charge in [0.2, 0.25) is 5.88 Å². The van der Waals surface area contributed by atoms with Gasteiger partial charge >= 0.3 is 0 Å². The summed E-state index contributed by atoms with van der Waals surface area (Å²) in [4.78, 5) is 16.1. The molecular formula is C18H20F2N2O3. The number of anilines is 1. The molecule has 25 heavy (non-hydrogen) atoms. The van der Waals surface area contributed by atoms with Crippen molar-refractivity contribution >= 4 is 11.6 Å². The Kier molecular flexibility index (Phi) is 6.03. The lowest BCUT2D eigenvalue weighted by atomic mass is 10.2. The number of benzene rings is 1. The fourth-order valence-electron chi connectivity index (χ4n) is 1.87. The van der Waals surface area contributed by atoms with Crippen LogP contribution in [0.3, 0.4) is 0 Å². The number of halogens is 2. The summed E-state index contributed by atoms with van der Waals surface area (Å²) in [6.07, 6.45) is 1.34. The van der Waals surface area contributed by atoms with Crippen LogP contribution in [0.4, 0.5) is 14.5 Å². The SMILES string of the molecule is CC(C)(C)OCCOc1ccc(C(=O)Nc2ccc(F)c(F)c2)cn1. The maximum atomic E-state index is 13.1. The molecule has 0 saturated carbocycles. The molecule has 5 nitrogen and oxygen atoms in total. The van der Waals surface area contributed by atoms with Gasteiger partial charge in [-0.2, -0.15) is 0 Å². The second-order valence-electron chi connectivity index (χ2n) is 6.28. The molecule has 0 bridgehead atoms. The molecule has 0 atom stereocenters. The molecule has 1 aromatic heterocycles. The van der Waals surface area contributed by atoms with Crippen LogP contribution in [0, 0.1) is 11.6 Å². The highest BCUT2D eigenvalue weighted by Gasteiger charge is 2.11. The van der Waals surface area contributed by atoms with Crippen molar-refractivity contribution in [2.45, 2.75) is 26.4 Å². The lowest BCUT2D eigenvalue weighted by molar-refractivity contribution is -0.0168. The molecule has 1 heterocycles. The zero-order chi connectivity index (χ0) is 18.4. The highest BCUT2D eigenvalue weighted by Crippen LogP contribution is 2.15. The van der Waals surface area contributed by atoms with E-state index in [9.17, 15) is 13.6 Å². The van der Waals surface area contributed by atoms with E-state index in [0.29, 0.717) is 19.1 Å². The predicted molar refractivity (Wildman–Crippen MR) is 89.7 cm³/mol. The van der Waals surface area contributed by atoms with Crippen LogP contribution in [-0.2, 0) is 4.74 Å². The van der Waals surface area contributed by atoms with Crippen LogP contribution in [0.25, 0.3) is 0 Å². The third kappa shape index (κ3) is 6.11. The van der Waals surface area contributed by atoms with E-state index in [0.717, 1.165) is 12.1 Å². The third-order valence-electron chi connectivity index (χ3n) is 3.04. The zero-order valence-electron chi connectivity index (χ0n) is 14.3. The first-order valence-corrected chi connectivity index (χ1v) is 7.74. The Balaban J connectivity index is 1.88. The first-order valence-electron chi connectivity index (χ1n) is 7.74. The van der Waals surface area contributed by atoms with Crippen LogP contribution in [0.1, 0.15) is 31.1 Å². The number of nitrogens with zero attached hydrogens (tertiary/aromatic N) is 1. The van der Waals surface area contributed by atoms with E-state index in [1.807, 2.05) is 20.8 Å². The Bertz CT molecular complexity index is 728. The van der Waals surface area contributed by atoms with E-state index in [1.165, 1.54) is 18.3 Å². The van der Waals surface area contributed by atoms with Crippen molar-refractivity contribution in [1.82, 2.24) is 4.98 Å². The number of hydrogen-bond acceptors (Lipinski definition) is 4. The van der Waals surface area contributed by atoms with Gasteiger partial charge in [-0.1, -0.05) is 0 Å². The summed E-state index contributed by atoms with van der Waals surface area (Å²) in [5.74, 6) is -2.13. The number of carbonyl (C=O) groups is 1. The van der Waals surface area contributed by atoms with Crippen LogP contribution >= 0.6 is 0 Å². The lowest BCUT2D eigenvalue weighted by Crippen LogP contribution is -2.22. The predicted octanol–water partition coefficient (Wildman–Crippen LogP) is 3.81. The monoisotopic (exact) mass is 350 g/mol. The highest BCUT2D eigenvalue weighted by molar-refractivity contribution is 6.04. The molecule has 2 rings (SSSR count). The minimum absolute atomic E-state index is 0.156. The highest BCUT2D eigenvalue weighted by atomic mass is 19.2. The average molecular weight is 350 g/mol. The number of amides is 1. The van der Waals surface area contributed by atoms with Gasteiger partial charge in [0.15, 0.2) is 11.6 Å². The lowest BCUT2D eigenvalue weighted by Gasteiger charge is -2.19. The molecule has 1 amide bonds. The van der Waals surface area contributed by atoms with Gasteiger partial charge in [0.25, 0.3) is 5.91 Å². The molecular weight excluding hydrogens is 330 g/mol. The summed E-state index contributed by atoms with van der Waals surface area (Å²) < 4.78 is 37.0. The maximum Gasteiger partial charge on any atom is 0.257 e. The number of carbonyl (C=O) groups excluding carboxylic acids is 1. The van der Waals surface area contributed by atoms with E-state index in [2.05, 4.69) is 10.3 Å². The molecule has 1 aromatic carbocycles. The van der Waals surface area contributed by atoms with Gasteiger partial charge < -0.3 is 14.8 Å². The van der Waals surface area contributed by atoms with Gasteiger partial charge in [-0.05, 0) is 39.0 Å². The second-order valence-corrected chi connectivity index (χ2v) is 6.28. The fraction of sp³-hybridized carbons (Fsp3) is 0.333. The summed E-state index contributed by atoms with van der Waals surface area (Å²) >= 11 is 0. The molecule has 1 N–H and O–H groups in total. The van der Waals surface area contributed by atoms with Crippen LogP contribution in [0.2, 0.25) is 0 Å². The van der Waals surface area contributed by atoms with Gasteiger partial charge in [0, 0.05) is 24.0 Å². The second kappa shape index (κ2) is 8.02. The van der Waals surface area contributed by atoms with Crippen molar-refractivity contribution in [2.24, 2.45) is 0 Å². The van der Waals surface area contributed by atoms with Crippen molar-refractivity contribution in [3.05, 3.63) is 53.7 Å². The number of hydrogen-bond donors (Lipinski definition) is 1. The number of ether oxygens (including phenoxy) is 2. The third-order valence-corrected chi connectivity index (χ3v) is 3.04. The van der Waals surface area contributed by atoms with Crippen LogP contribution in [-0.4, -0.2) is 29.7 Å². The molecule has 0 radical (unpaired) electrons. The van der Waals surface area contributed by atoms with Crippen LogP contribution in [0.5, 0.6) is 5.88 Å². The van der Waals surface area contributed by atoms with Crippen molar-refractivity contribution in [3.63, 3.8) is 0 Å². The molecule has 7 heteroatoms. The van der Waals surface area contributed by atoms with Gasteiger partial charge in [-0.3, -0.25) is 4.79 Å². The Morgan fingerprint density at radius 2 is 1.88 bits per heavy atom. The van der Waals surface area contributed by atoms with Gasteiger partial charge in [-0.25, -0.2) is 13.8 Å². The normalized spacial score (nSPS) is 11.2. The van der Waals surface area contributed by atoms with Crippen molar-refractivity contribution in [2.75, 3.05) is 18.5 Å². The molecule has 0 aliphatic carbocycles. The summed E-state index contributed by atoms with van der Waals surface area (Å²) in [7, 11) is 0. The molecule has 2 aromatic rings. The topological polar surface area (TPSA) is 60.5 Å². The minimum atomic E-state index is -1.03. The van der Waals surface area contributed by atoms with Crippen LogP contribution < -0.4 is 10.1 Å². The Hall–Kier alpha value is -2.54. The number of pyridine rings is 1. The molecule has 0 unspecified atom stereocenters. The summed E-state index contributed by atoms with van der Waals surface area (Å²) in [5.41, 5.74) is 0.185. The van der Waals surface area contributed by atoms with Crippen molar-refractivity contribution < 1.29 is 23.0 Å². The fourth-order valence-corrected chi connectivity index (χ4v) is 1.87. The number of nitrogens with one attached hydrogen (secondary N) is 1. The van der Waals surface area contributed by atoms with Crippen molar-refractivity contribution in [3.8, 4) is 5.88 Å². The zero-order valence-corrected chi connectivity index (χ0v) is 14.3. The van der Waals surface area contributed by atoms with Gasteiger partial charge in [0.05, 0.1) is 17.8 Å². The summed E-state index contributed by atoms with van der Waals surface area (Å²) in [6, 6.07) is 6.21. The maximum absolute atomic E-state index is 13.1. The first-order chi connectivity index (χ1) is 11.7. The number of aromatic nitrogens is 1. The minimum Gasteiger partial charge on any atom is -0.475 e. The number of rotatable bonds is 6. The van der Waals surface area contributed by atoms with E-state index in [4.69, 9.17) is 9.47 Å². The standard InChI is InChI=1S/C18H20F2N2O3/c1-18(2,3)25-9-8-24-16-7-4-12(11-21-16)17(23)22-13-5-6-14(19)15(20)10-13/h4-7,10-11H,8-9H2,1-3H3,(H,22,23). The molecule has 0 spiro atoms. The molecule has 134 valence electrons. The molecule has 0 aliphatic heterocycles. The average Bonchev–Trinajstić information content (AvgIpc) is 2.55. The van der Waals surface area contributed by atoms with E-state index < -0.39 is 17.5 Å². The first kappa shape index (κ1) is 18.8.